The fourth-order valence-corrected chi connectivity index (χ4v) is 4.53. The summed E-state index contributed by atoms with van der Waals surface area (Å²) >= 11 is 0. The van der Waals surface area contributed by atoms with Crippen LogP contribution in [0.4, 0.5) is 11.4 Å². The number of anilines is 2. The molecule has 0 saturated carbocycles. The second-order valence-electron chi connectivity index (χ2n) is 7.95. The lowest BCUT2D eigenvalue weighted by molar-refractivity contribution is -0.117. The summed E-state index contributed by atoms with van der Waals surface area (Å²) in [7, 11) is 0. The highest BCUT2D eigenvalue weighted by Crippen LogP contribution is 2.34. The van der Waals surface area contributed by atoms with Crippen molar-refractivity contribution < 1.29 is 4.79 Å². The molecule has 2 aliphatic rings. The molecule has 0 bridgehead atoms. The van der Waals surface area contributed by atoms with E-state index in [-0.39, 0.29) is 11.8 Å². The Labute approximate surface area is 171 Å². The van der Waals surface area contributed by atoms with E-state index in [1.807, 2.05) is 29.3 Å². The zero-order valence-corrected chi connectivity index (χ0v) is 16.6. The van der Waals surface area contributed by atoms with E-state index in [1.54, 1.807) is 0 Å². The quantitative estimate of drug-likeness (QED) is 0.748. The number of amides is 1. The molecule has 3 aromatic rings. The highest BCUT2D eigenvalue weighted by atomic mass is 16.2. The van der Waals surface area contributed by atoms with Crippen LogP contribution in [0.3, 0.4) is 0 Å². The molecule has 2 fully saturated rings. The van der Waals surface area contributed by atoms with Crippen LogP contribution in [0.1, 0.15) is 24.3 Å². The SMILES string of the molecule is O=C1CC(c2ccccc2)CN1c1cnc2c(N3CCCNCC3)cccc2c1. The van der Waals surface area contributed by atoms with E-state index in [0.29, 0.717) is 13.0 Å². The molecule has 1 amide bonds. The van der Waals surface area contributed by atoms with Crippen molar-refractivity contribution in [3.8, 4) is 0 Å². The van der Waals surface area contributed by atoms with Gasteiger partial charge in [-0.3, -0.25) is 9.78 Å². The van der Waals surface area contributed by atoms with Gasteiger partial charge in [-0.1, -0.05) is 42.5 Å². The van der Waals surface area contributed by atoms with Gasteiger partial charge in [0.05, 0.1) is 23.1 Å². The summed E-state index contributed by atoms with van der Waals surface area (Å²) in [5, 5.41) is 4.55. The van der Waals surface area contributed by atoms with Crippen LogP contribution in [0.2, 0.25) is 0 Å². The van der Waals surface area contributed by atoms with Crippen LogP contribution in [0.25, 0.3) is 10.9 Å². The van der Waals surface area contributed by atoms with Gasteiger partial charge < -0.3 is 15.1 Å². The van der Waals surface area contributed by atoms with Crippen molar-refractivity contribution >= 4 is 28.2 Å². The molecule has 0 radical (unpaired) electrons. The first-order valence-electron chi connectivity index (χ1n) is 10.5. The third kappa shape index (κ3) is 3.58. The van der Waals surface area contributed by atoms with Crippen LogP contribution in [0.15, 0.2) is 60.8 Å². The highest BCUT2D eigenvalue weighted by Gasteiger charge is 2.31. The van der Waals surface area contributed by atoms with Gasteiger partial charge in [0.1, 0.15) is 0 Å². The van der Waals surface area contributed by atoms with E-state index in [2.05, 4.69) is 46.6 Å². The maximum absolute atomic E-state index is 12.7. The summed E-state index contributed by atoms with van der Waals surface area (Å²) in [5.74, 6) is 0.421. The number of para-hydroxylation sites is 1. The molecule has 1 aromatic heterocycles. The molecular formula is C24H26N4O. The van der Waals surface area contributed by atoms with Crippen LogP contribution in [-0.4, -0.2) is 43.6 Å². The first-order valence-corrected chi connectivity index (χ1v) is 10.5. The van der Waals surface area contributed by atoms with Crippen LogP contribution >= 0.6 is 0 Å². The number of hydrogen-bond acceptors (Lipinski definition) is 4. The summed E-state index contributed by atoms with van der Waals surface area (Å²) in [6, 6.07) is 18.8. The third-order valence-electron chi connectivity index (χ3n) is 6.06. The summed E-state index contributed by atoms with van der Waals surface area (Å²) in [5.41, 5.74) is 4.34. The summed E-state index contributed by atoms with van der Waals surface area (Å²) in [6.45, 7) is 4.81. The lowest BCUT2D eigenvalue weighted by Crippen LogP contribution is -2.28. The minimum Gasteiger partial charge on any atom is -0.368 e. The molecule has 5 rings (SSSR count). The third-order valence-corrected chi connectivity index (χ3v) is 6.06. The zero-order valence-electron chi connectivity index (χ0n) is 16.6. The maximum Gasteiger partial charge on any atom is 0.227 e. The zero-order chi connectivity index (χ0) is 19.6. The van der Waals surface area contributed by atoms with Crippen LogP contribution in [0, 0.1) is 0 Å². The highest BCUT2D eigenvalue weighted by molar-refractivity contribution is 5.99. The predicted molar refractivity (Wildman–Crippen MR) is 118 cm³/mol. The Balaban J connectivity index is 1.44. The summed E-state index contributed by atoms with van der Waals surface area (Å²) in [6.07, 6.45) is 3.56. The van der Waals surface area contributed by atoms with E-state index < -0.39 is 0 Å². The van der Waals surface area contributed by atoms with Gasteiger partial charge in [0.25, 0.3) is 0 Å². The van der Waals surface area contributed by atoms with Crippen molar-refractivity contribution in [3.05, 3.63) is 66.4 Å². The Kier molecular flexibility index (Phi) is 4.90. The van der Waals surface area contributed by atoms with E-state index in [0.717, 1.165) is 49.2 Å². The molecule has 2 aliphatic heterocycles. The molecular weight excluding hydrogens is 360 g/mol. The number of hydrogen-bond donors (Lipinski definition) is 1. The fraction of sp³-hybridized carbons (Fsp3) is 0.333. The van der Waals surface area contributed by atoms with Gasteiger partial charge in [0.2, 0.25) is 5.91 Å². The first kappa shape index (κ1) is 18.1. The molecule has 5 nitrogen and oxygen atoms in total. The largest absolute Gasteiger partial charge is 0.368 e. The summed E-state index contributed by atoms with van der Waals surface area (Å²) < 4.78 is 0. The van der Waals surface area contributed by atoms with Gasteiger partial charge in [-0.15, -0.1) is 0 Å². The Morgan fingerprint density at radius 1 is 1.00 bits per heavy atom. The average molecular weight is 386 g/mol. The van der Waals surface area contributed by atoms with E-state index in [1.165, 1.54) is 11.3 Å². The minimum absolute atomic E-state index is 0.176. The number of nitrogens with one attached hydrogen (secondary N) is 1. The van der Waals surface area contributed by atoms with Crippen molar-refractivity contribution in [2.45, 2.75) is 18.8 Å². The second kappa shape index (κ2) is 7.84. The molecule has 29 heavy (non-hydrogen) atoms. The van der Waals surface area contributed by atoms with Gasteiger partial charge in [0, 0.05) is 43.9 Å². The van der Waals surface area contributed by atoms with Crippen molar-refractivity contribution in [1.29, 1.82) is 0 Å². The predicted octanol–water partition coefficient (Wildman–Crippen LogP) is 3.56. The maximum atomic E-state index is 12.7. The van der Waals surface area contributed by atoms with E-state index in [4.69, 9.17) is 4.98 Å². The lowest BCUT2D eigenvalue weighted by atomic mass is 9.98. The number of carbonyl (C=O) groups excluding carboxylic acids is 1. The average Bonchev–Trinajstić information content (AvgIpc) is 2.97. The van der Waals surface area contributed by atoms with Gasteiger partial charge in [0.15, 0.2) is 0 Å². The normalized spacial score (nSPS) is 20.3. The standard InChI is InChI=1S/C24H26N4O/c29-23-15-20(18-6-2-1-3-7-18)17-28(23)21-14-19-8-4-9-22(24(19)26-16-21)27-12-5-10-25-11-13-27/h1-4,6-9,14,16,20,25H,5,10-13,15,17H2. The molecule has 148 valence electrons. The second-order valence-corrected chi connectivity index (χ2v) is 7.95. The van der Waals surface area contributed by atoms with Crippen molar-refractivity contribution in [2.75, 3.05) is 42.5 Å². The number of fused-ring (bicyclic) bond motifs is 1. The smallest absolute Gasteiger partial charge is 0.227 e. The number of carbonyl (C=O) groups is 1. The van der Waals surface area contributed by atoms with Crippen molar-refractivity contribution in [2.24, 2.45) is 0 Å². The molecule has 5 heteroatoms. The Morgan fingerprint density at radius 2 is 1.90 bits per heavy atom. The molecule has 3 heterocycles. The molecule has 1 atom stereocenters. The van der Waals surface area contributed by atoms with Crippen molar-refractivity contribution in [1.82, 2.24) is 10.3 Å². The van der Waals surface area contributed by atoms with Crippen LogP contribution in [0.5, 0.6) is 0 Å². The monoisotopic (exact) mass is 386 g/mol. The van der Waals surface area contributed by atoms with Crippen molar-refractivity contribution in [3.63, 3.8) is 0 Å². The molecule has 1 N–H and O–H groups in total. The van der Waals surface area contributed by atoms with Crippen LogP contribution in [-0.2, 0) is 4.79 Å². The molecule has 2 aromatic carbocycles. The van der Waals surface area contributed by atoms with Gasteiger partial charge >= 0.3 is 0 Å². The number of nitrogens with zero attached hydrogens (tertiary/aromatic N) is 3. The Hall–Kier alpha value is -2.92. The number of rotatable bonds is 3. The first-order chi connectivity index (χ1) is 14.3. The molecule has 0 aliphatic carbocycles. The molecule has 2 saturated heterocycles. The topological polar surface area (TPSA) is 48.5 Å². The Morgan fingerprint density at radius 3 is 2.79 bits per heavy atom. The van der Waals surface area contributed by atoms with E-state index >= 15 is 0 Å². The molecule has 1 unspecified atom stereocenters. The fourth-order valence-electron chi connectivity index (χ4n) is 4.53. The lowest BCUT2D eigenvalue weighted by Gasteiger charge is -2.24. The van der Waals surface area contributed by atoms with Gasteiger partial charge in [-0.05, 0) is 30.7 Å². The molecule has 0 spiro atoms. The Bertz CT molecular complexity index is 1010. The minimum atomic E-state index is 0.176. The van der Waals surface area contributed by atoms with Gasteiger partial charge in [-0.2, -0.15) is 0 Å². The van der Waals surface area contributed by atoms with E-state index in [9.17, 15) is 4.79 Å². The number of pyridine rings is 1. The van der Waals surface area contributed by atoms with Crippen LogP contribution < -0.4 is 15.1 Å². The summed E-state index contributed by atoms with van der Waals surface area (Å²) in [4.78, 5) is 21.9. The van der Waals surface area contributed by atoms with Gasteiger partial charge in [-0.25, -0.2) is 0 Å². The number of aromatic nitrogens is 1. The number of benzene rings is 2.